The van der Waals surface area contributed by atoms with Gasteiger partial charge in [0.1, 0.15) is 0 Å². The van der Waals surface area contributed by atoms with Crippen LogP contribution in [0.15, 0.2) is 141 Å². The summed E-state index contributed by atoms with van der Waals surface area (Å²) in [5.41, 5.74) is 0. The van der Waals surface area contributed by atoms with Crippen molar-refractivity contribution in [2.24, 2.45) is 0 Å². The summed E-state index contributed by atoms with van der Waals surface area (Å²) in [6, 6.07) is 42.8. The van der Waals surface area contributed by atoms with Gasteiger partial charge in [0.2, 0.25) is 0 Å². The van der Waals surface area contributed by atoms with Crippen LogP contribution in [0.3, 0.4) is 0 Å². The molecule has 0 spiro atoms. The van der Waals surface area contributed by atoms with Gasteiger partial charge in [0.25, 0.3) is 0 Å². The van der Waals surface area contributed by atoms with Crippen molar-refractivity contribution >= 4 is 34.3 Å². The minimum atomic E-state index is -0.171. The number of thiol groups is 2. The van der Waals surface area contributed by atoms with E-state index in [4.69, 9.17) is 4.21 Å². The number of hydrogen-bond acceptors (Lipinski definition) is 2. The average molecular weight is 453 g/mol. The molecule has 4 aromatic rings. The Kier molecular flexibility index (Phi) is 10.9. The van der Waals surface area contributed by atoms with Gasteiger partial charge in [-0.1, -0.05) is 121 Å². The number of hydrogen-bond donors (Lipinski definition) is 2. The molecule has 0 fully saturated rings. The first-order valence-corrected chi connectivity index (χ1v) is 13.5. The summed E-state index contributed by atoms with van der Waals surface area (Å²) in [6.07, 6.45) is 4.61. The van der Waals surface area contributed by atoms with Crippen molar-refractivity contribution < 1.29 is 4.21 Å². The summed E-state index contributed by atoms with van der Waals surface area (Å²) in [5.74, 6) is 0. The predicted molar refractivity (Wildman–Crippen MR) is 137 cm³/mol. The molecule has 4 aromatic carbocycles. The van der Waals surface area contributed by atoms with Crippen LogP contribution in [0.1, 0.15) is 0 Å². The Morgan fingerprint density at radius 3 is 0.733 bits per heavy atom. The molecule has 0 aliphatic carbocycles. The summed E-state index contributed by atoms with van der Waals surface area (Å²) in [7, 11) is -0.342. The zero-order valence-electron chi connectivity index (χ0n) is 17.3. The second kappa shape index (κ2) is 13.8. The second-order valence-electron chi connectivity index (χ2n) is 6.46. The smallest absolute Gasteiger partial charge is 0.197 e. The molecule has 4 heteroatoms. The van der Waals surface area contributed by atoms with Gasteiger partial charge in [-0.15, -0.1) is 0 Å². The normalized spacial score (nSPS) is 10.5. The van der Waals surface area contributed by atoms with Gasteiger partial charge >= 0.3 is 0 Å². The molecular formula is C26H28OS3. The van der Waals surface area contributed by atoms with Gasteiger partial charge < -0.3 is 0 Å². The Morgan fingerprint density at radius 1 is 0.400 bits per heavy atom. The standard InChI is InChI=1S/2C13H14S.OS/c2*1-14(12-8-4-2-5-9-12)13-10-6-3-7-11-13;1-2/h2*2-11,14H,1H3;. The molecule has 30 heavy (non-hydrogen) atoms. The van der Waals surface area contributed by atoms with Crippen LogP contribution in [0.4, 0.5) is 0 Å². The van der Waals surface area contributed by atoms with E-state index in [1.54, 1.807) is 0 Å². The highest BCUT2D eigenvalue weighted by Gasteiger charge is 2.02. The molecule has 0 aromatic heterocycles. The molecule has 0 bridgehead atoms. The van der Waals surface area contributed by atoms with Gasteiger partial charge in [-0.05, 0) is 32.1 Å². The van der Waals surface area contributed by atoms with Crippen LogP contribution in [0.2, 0.25) is 0 Å². The Labute approximate surface area is 191 Å². The molecule has 0 aliphatic heterocycles. The van der Waals surface area contributed by atoms with Crippen LogP contribution in [0, 0.1) is 0 Å². The van der Waals surface area contributed by atoms with E-state index < -0.39 is 0 Å². The van der Waals surface area contributed by atoms with Crippen molar-refractivity contribution in [2.45, 2.75) is 19.6 Å². The van der Waals surface area contributed by atoms with Crippen LogP contribution in [-0.2, 0) is 12.5 Å². The van der Waals surface area contributed by atoms with E-state index in [0.717, 1.165) is 0 Å². The zero-order valence-corrected chi connectivity index (χ0v) is 19.9. The SMILES string of the molecule is C[SH](c1ccccc1)c1ccccc1.C[SH](c1ccccc1)c1ccccc1.O=S. The van der Waals surface area contributed by atoms with Crippen molar-refractivity contribution in [2.75, 3.05) is 12.5 Å². The molecule has 1 nitrogen and oxygen atoms in total. The first-order valence-electron chi connectivity index (χ1n) is 9.60. The predicted octanol–water partition coefficient (Wildman–Crippen LogP) is 7.13. The molecule has 0 radical (unpaired) electrons. The van der Waals surface area contributed by atoms with Gasteiger partial charge in [0, 0.05) is 0 Å². The molecule has 0 amide bonds. The first kappa shape index (κ1) is 23.9. The zero-order chi connectivity index (χ0) is 21.6. The topological polar surface area (TPSA) is 17.1 Å². The fourth-order valence-electron chi connectivity index (χ4n) is 2.90. The third-order valence-electron chi connectivity index (χ3n) is 4.57. The van der Waals surface area contributed by atoms with E-state index in [-0.39, 0.29) is 21.8 Å². The van der Waals surface area contributed by atoms with Crippen LogP contribution in [0.25, 0.3) is 0 Å². The Hall–Kier alpha value is -2.40. The third kappa shape index (κ3) is 7.45. The fraction of sp³-hybridized carbons (Fsp3) is 0.0769. The van der Waals surface area contributed by atoms with Gasteiger partial charge in [-0.25, -0.2) is 21.8 Å². The lowest BCUT2D eigenvalue weighted by Crippen LogP contribution is -1.81. The van der Waals surface area contributed by atoms with Crippen molar-refractivity contribution in [1.29, 1.82) is 0 Å². The van der Waals surface area contributed by atoms with E-state index in [1.165, 1.54) is 19.6 Å². The van der Waals surface area contributed by atoms with Gasteiger partial charge in [0.05, 0.1) is 0 Å². The summed E-state index contributed by atoms with van der Waals surface area (Å²) >= 11 is 2.83. The first-order chi connectivity index (χ1) is 14.8. The second-order valence-corrected chi connectivity index (χ2v) is 10.8. The maximum absolute atomic E-state index is 7.83. The maximum Gasteiger partial charge on any atom is 0.197 e. The van der Waals surface area contributed by atoms with Gasteiger partial charge in [0.15, 0.2) is 12.5 Å². The van der Waals surface area contributed by atoms with Gasteiger partial charge in [-0.2, -0.15) is 4.21 Å². The van der Waals surface area contributed by atoms with Crippen LogP contribution in [-0.4, -0.2) is 16.7 Å². The highest BCUT2D eigenvalue weighted by atomic mass is 32.2. The third-order valence-corrected chi connectivity index (χ3v) is 8.86. The lowest BCUT2D eigenvalue weighted by atomic mass is 10.4. The van der Waals surface area contributed by atoms with Crippen molar-refractivity contribution in [3.8, 4) is 0 Å². The molecule has 0 N–H and O–H groups in total. The molecule has 0 unspecified atom stereocenters. The molecular weight excluding hydrogens is 424 g/mol. The van der Waals surface area contributed by atoms with E-state index in [1.807, 2.05) is 0 Å². The Bertz CT molecular complexity index is 788. The Balaban J connectivity index is 0.000000197. The van der Waals surface area contributed by atoms with Crippen LogP contribution < -0.4 is 0 Å². The van der Waals surface area contributed by atoms with Gasteiger partial charge in [-0.3, -0.25) is 0 Å². The monoisotopic (exact) mass is 452 g/mol. The van der Waals surface area contributed by atoms with Crippen LogP contribution >= 0.6 is 21.8 Å². The molecule has 0 saturated carbocycles. The van der Waals surface area contributed by atoms with Crippen LogP contribution in [0.5, 0.6) is 0 Å². The number of rotatable bonds is 4. The van der Waals surface area contributed by atoms with E-state index >= 15 is 0 Å². The van der Waals surface area contributed by atoms with E-state index in [0.29, 0.717) is 0 Å². The quantitative estimate of drug-likeness (QED) is 0.320. The van der Waals surface area contributed by atoms with Crippen molar-refractivity contribution in [1.82, 2.24) is 0 Å². The average Bonchev–Trinajstić information content (AvgIpc) is 2.87. The lowest BCUT2D eigenvalue weighted by Gasteiger charge is -2.16. The molecule has 0 heterocycles. The van der Waals surface area contributed by atoms with E-state index in [9.17, 15) is 0 Å². The Morgan fingerprint density at radius 2 is 0.567 bits per heavy atom. The van der Waals surface area contributed by atoms with E-state index in [2.05, 4.69) is 146 Å². The molecule has 156 valence electrons. The summed E-state index contributed by atoms with van der Waals surface area (Å²) in [6.45, 7) is 0. The lowest BCUT2D eigenvalue weighted by molar-refractivity contribution is 0.702. The molecule has 0 saturated heterocycles. The summed E-state index contributed by atoms with van der Waals surface area (Å²) < 4.78 is 7.83. The molecule has 0 aliphatic rings. The number of benzene rings is 4. The summed E-state index contributed by atoms with van der Waals surface area (Å²) in [4.78, 5) is 5.75. The molecule has 0 atom stereocenters. The minimum Gasteiger partial charge on any atom is -0.203 e. The largest absolute Gasteiger partial charge is 0.203 e. The minimum absolute atomic E-state index is 0.171. The van der Waals surface area contributed by atoms with Crippen molar-refractivity contribution in [3.05, 3.63) is 121 Å². The highest BCUT2D eigenvalue weighted by Crippen LogP contribution is 2.41. The summed E-state index contributed by atoms with van der Waals surface area (Å²) in [5, 5.41) is 0. The maximum atomic E-state index is 7.83. The highest BCUT2D eigenvalue weighted by molar-refractivity contribution is 8.16. The molecule has 4 rings (SSSR count). The van der Waals surface area contributed by atoms with Crippen molar-refractivity contribution in [3.63, 3.8) is 0 Å². The fourth-order valence-corrected chi connectivity index (χ4v) is 5.98.